The molecule has 0 radical (unpaired) electrons. The lowest BCUT2D eigenvalue weighted by Gasteiger charge is -2.19. The monoisotopic (exact) mass is 200 g/mol. The zero-order valence-electron chi connectivity index (χ0n) is 9.29. The van der Waals surface area contributed by atoms with Crippen LogP contribution in [0.2, 0.25) is 0 Å². The predicted octanol–water partition coefficient (Wildman–Crippen LogP) is 2.49. The molecule has 1 aliphatic rings. The highest BCUT2D eigenvalue weighted by Gasteiger charge is 2.35. The van der Waals surface area contributed by atoms with Crippen LogP contribution < -0.4 is 0 Å². The third-order valence-electron chi connectivity index (χ3n) is 2.74. The van der Waals surface area contributed by atoms with E-state index in [9.17, 15) is 4.79 Å². The molecule has 0 bridgehead atoms. The van der Waals surface area contributed by atoms with Crippen LogP contribution in [0.5, 0.6) is 0 Å². The first-order chi connectivity index (χ1) is 6.69. The fourth-order valence-corrected chi connectivity index (χ4v) is 1.70. The minimum absolute atomic E-state index is 0.218. The van der Waals surface area contributed by atoms with Crippen LogP contribution >= 0.6 is 0 Å². The maximum atomic E-state index is 11.1. The van der Waals surface area contributed by atoms with E-state index in [1.807, 2.05) is 0 Å². The van der Waals surface area contributed by atoms with Gasteiger partial charge in [-0.05, 0) is 19.8 Å². The summed E-state index contributed by atoms with van der Waals surface area (Å²) in [6.07, 6.45) is 3.75. The van der Waals surface area contributed by atoms with Crippen LogP contribution in [-0.4, -0.2) is 18.4 Å². The molecule has 1 aliphatic heterocycles. The first-order valence-electron chi connectivity index (χ1n) is 5.55. The first kappa shape index (κ1) is 11.5. The van der Waals surface area contributed by atoms with Crippen molar-refractivity contribution in [3.8, 4) is 0 Å². The standard InChI is InChI=1S/C11H20O3/c1-4-6-7-9(5-2)11-13-8(3)10(12)14-11/h8-9,11H,4-7H2,1-3H3/t8-,9-,11-/m0/s1. The van der Waals surface area contributed by atoms with E-state index in [-0.39, 0.29) is 18.4 Å². The second-order valence-electron chi connectivity index (χ2n) is 3.89. The number of hydrogen-bond donors (Lipinski definition) is 0. The molecule has 3 heteroatoms. The summed E-state index contributed by atoms with van der Waals surface area (Å²) in [4.78, 5) is 11.1. The third-order valence-corrected chi connectivity index (χ3v) is 2.74. The Kier molecular flexibility index (Phi) is 4.39. The molecule has 82 valence electrons. The van der Waals surface area contributed by atoms with E-state index in [1.165, 1.54) is 12.8 Å². The lowest BCUT2D eigenvalue weighted by molar-refractivity contribution is -0.148. The molecular weight excluding hydrogens is 180 g/mol. The van der Waals surface area contributed by atoms with Crippen molar-refractivity contribution in [3.63, 3.8) is 0 Å². The minimum Gasteiger partial charge on any atom is -0.434 e. The van der Waals surface area contributed by atoms with Crippen molar-refractivity contribution in [1.29, 1.82) is 0 Å². The Balaban J connectivity index is 2.41. The average Bonchev–Trinajstić information content (AvgIpc) is 2.48. The van der Waals surface area contributed by atoms with Gasteiger partial charge in [-0.2, -0.15) is 0 Å². The van der Waals surface area contributed by atoms with Gasteiger partial charge in [-0.15, -0.1) is 0 Å². The first-order valence-corrected chi connectivity index (χ1v) is 5.55. The largest absolute Gasteiger partial charge is 0.434 e. The van der Waals surface area contributed by atoms with E-state index >= 15 is 0 Å². The minimum atomic E-state index is -0.379. The van der Waals surface area contributed by atoms with Gasteiger partial charge >= 0.3 is 5.97 Å². The zero-order valence-corrected chi connectivity index (χ0v) is 9.29. The van der Waals surface area contributed by atoms with Crippen LogP contribution in [0.4, 0.5) is 0 Å². The number of carbonyl (C=O) groups is 1. The van der Waals surface area contributed by atoms with E-state index in [1.54, 1.807) is 6.92 Å². The summed E-state index contributed by atoms with van der Waals surface area (Å²) in [6, 6.07) is 0. The molecule has 1 fully saturated rings. The summed E-state index contributed by atoms with van der Waals surface area (Å²) >= 11 is 0. The molecular formula is C11H20O3. The maximum Gasteiger partial charge on any atom is 0.337 e. The van der Waals surface area contributed by atoms with E-state index in [0.29, 0.717) is 5.92 Å². The van der Waals surface area contributed by atoms with Gasteiger partial charge in [0.1, 0.15) is 0 Å². The van der Waals surface area contributed by atoms with Gasteiger partial charge in [0.05, 0.1) is 0 Å². The molecule has 0 aromatic rings. The quantitative estimate of drug-likeness (QED) is 0.640. The van der Waals surface area contributed by atoms with Gasteiger partial charge in [-0.1, -0.05) is 26.7 Å². The van der Waals surface area contributed by atoms with E-state index in [4.69, 9.17) is 9.47 Å². The van der Waals surface area contributed by atoms with E-state index in [0.717, 1.165) is 12.8 Å². The summed E-state index contributed by atoms with van der Waals surface area (Å²) in [5.74, 6) is 0.147. The molecule has 1 heterocycles. The number of carbonyl (C=O) groups excluding carboxylic acids is 1. The Morgan fingerprint density at radius 1 is 1.43 bits per heavy atom. The van der Waals surface area contributed by atoms with Gasteiger partial charge in [0.15, 0.2) is 6.10 Å². The molecule has 0 spiro atoms. The fourth-order valence-electron chi connectivity index (χ4n) is 1.70. The molecule has 14 heavy (non-hydrogen) atoms. The van der Waals surface area contributed by atoms with Crippen LogP contribution in [0.3, 0.4) is 0 Å². The molecule has 1 saturated heterocycles. The van der Waals surface area contributed by atoms with Crippen molar-refractivity contribution in [2.75, 3.05) is 0 Å². The second-order valence-corrected chi connectivity index (χ2v) is 3.89. The summed E-state index contributed by atoms with van der Waals surface area (Å²) in [5, 5.41) is 0. The maximum absolute atomic E-state index is 11.1. The average molecular weight is 200 g/mol. The van der Waals surface area contributed by atoms with Crippen molar-refractivity contribution in [2.45, 2.75) is 58.8 Å². The summed E-state index contributed by atoms with van der Waals surface area (Å²) < 4.78 is 10.6. The molecule has 0 aliphatic carbocycles. The number of cyclic esters (lactones) is 1. The Morgan fingerprint density at radius 2 is 2.14 bits per heavy atom. The Labute approximate surface area is 85.8 Å². The summed E-state index contributed by atoms with van der Waals surface area (Å²) in [7, 11) is 0. The molecule has 0 unspecified atom stereocenters. The van der Waals surface area contributed by atoms with E-state index in [2.05, 4.69) is 13.8 Å². The molecule has 0 N–H and O–H groups in total. The van der Waals surface area contributed by atoms with Crippen molar-refractivity contribution >= 4 is 5.97 Å². The van der Waals surface area contributed by atoms with Gasteiger partial charge in [0.25, 0.3) is 0 Å². The van der Waals surface area contributed by atoms with Crippen molar-refractivity contribution in [1.82, 2.24) is 0 Å². The van der Waals surface area contributed by atoms with E-state index < -0.39 is 0 Å². The molecule has 1 rings (SSSR count). The number of rotatable bonds is 5. The van der Waals surface area contributed by atoms with Gasteiger partial charge in [-0.25, -0.2) is 4.79 Å². The SMILES string of the molecule is CCCC[C@H](CC)[C@@H]1OC(=O)[C@H](C)O1. The molecule has 0 amide bonds. The van der Waals surface area contributed by atoms with Gasteiger partial charge in [0.2, 0.25) is 6.29 Å². The number of esters is 1. The highest BCUT2D eigenvalue weighted by atomic mass is 16.8. The number of ether oxygens (including phenoxy) is 2. The Morgan fingerprint density at radius 3 is 2.57 bits per heavy atom. The predicted molar refractivity (Wildman–Crippen MR) is 53.7 cm³/mol. The van der Waals surface area contributed by atoms with Gasteiger partial charge in [0, 0.05) is 5.92 Å². The lowest BCUT2D eigenvalue weighted by atomic mass is 9.99. The van der Waals surface area contributed by atoms with Crippen LogP contribution in [0.15, 0.2) is 0 Å². The van der Waals surface area contributed by atoms with Crippen LogP contribution in [-0.2, 0) is 14.3 Å². The topological polar surface area (TPSA) is 35.5 Å². The number of hydrogen-bond acceptors (Lipinski definition) is 3. The van der Waals surface area contributed by atoms with Gasteiger partial charge < -0.3 is 9.47 Å². The van der Waals surface area contributed by atoms with Crippen molar-refractivity contribution in [2.24, 2.45) is 5.92 Å². The third kappa shape index (κ3) is 2.71. The lowest BCUT2D eigenvalue weighted by Crippen LogP contribution is -2.21. The molecule has 0 aromatic heterocycles. The highest BCUT2D eigenvalue weighted by molar-refractivity contribution is 5.75. The summed E-state index contributed by atoms with van der Waals surface area (Å²) in [5.41, 5.74) is 0. The van der Waals surface area contributed by atoms with Crippen molar-refractivity contribution < 1.29 is 14.3 Å². The normalized spacial score (nSPS) is 28.9. The molecule has 0 saturated carbocycles. The zero-order chi connectivity index (χ0) is 10.6. The van der Waals surface area contributed by atoms with Crippen molar-refractivity contribution in [3.05, 3.63) is 0 Å². The highest BCUT2D eigenvalue weighted by Crippen LogP contribution is 2.26. The molecule has 3 nitrogen and oxygen atoms in total. The fraction of sp³-hybridized carbons (Fsp3) is 0.909. The second kappa shape index (κ2) is 5.35. The molecule has 0 aromatic carbocycles. The van der Waals surface area contributed by atoms with Crippen LogP contribution in [0.25, 0.3) is 0 Å². The number of unbranched alkanes of at least 4 members (excludes halogenated alkanes) is 1. The van der Waals surface area contributed by atoms with Crippen LogP contribution in [0.1, 0.15) is 46.5 Å². The smallest absolute Gasteiger partial charge is 0.337 e. The molecule has 3 atom stereocenters. The van der Waals surface area contributed by atoms with Crippen LogP contribution in [0, 0.1) is 5.92 Å². The Hall–Kier alpha value is -0.570. The Bertz CT molecular complexity index is 191. The summed E-state index contributed by atoms with van der Waals surface area (Å²) in [6.45, 7) is 6.02. The van der Waals surface area contributed by atoms with Gasteiger partial charge in [-0.3, -0.25) is 0 Å².